The lowest BCUT2D eigenvalue weighted by Gasteiger charge is -2.46. The SMILES string of the molecule is COC(=O)C1(Nc2cccc(Cl)c2)CCC2(CC1)C([C@H]1CC1CO)=Cc1ccccc12. The number of aliphatic hydroxyl groups is 1. The minimum Gasteiger partial charge on any atom is -0.467 e. The topological polar surface area (TPSA) is 58.6 Å². The highest BCUT2D eigenvalue weighted by Gasteiger charge is 2.56. The number of carbonyl (C=O) groups is 1. The van der Waals surface area contributed by atoms with Gasteiger partial charge in [-0.05, 0) is 73.3 Å². The zero-order chi connectivity index (χ0) is 21.6. The van der Waals surface area contributed by atoms with Crippen LogP contribution >= 0.6 is 11.6 Å². The number of ether oxygens (including phenoxy) is 1. The van der Waals surface area contributed by atoms with Crippen LogP contribution in [0.4, 0.5) is 5.69 Å². The average molecular weight is 438 g/mol. The number of carbonyl (C=O) groups excluding carboxylic acids is 1. The molecule has 2 aromatic rings. The van der Waals surface area contributed by atoms with Crippen LogP contribution in [0.25, 0.3) is 6.08 Å². The van der Waals surface area contributed by atoms with Crippen molar-refractivity contribution in [2.45, 2.75) is 43.1 Å². The molecule has 4 nitrogen and oxygen atoms in total. The van der Waals surface area contributed by atoms with Gasteiger partial charge in [0.25, 0.3) is 0 Å². The second-order valence-corrected chi connectivity index (χ2v) is 9.70. The van der Waals surface area contributed by atoms with Crippen molar-refractivity contribution in [1.82, 2.24) is 0 Å². The predicted octanol–water partition coefficient (Wildman–Crippen LogP) is 5.20. The normalized spacial score (nSPS) is 31.1. The molecule has 0 heterocycles. The summed E-state index contributed by atoms with van der Waals surface area (Å²) < 4.78 is 5.26. The van der Waals surface area contributed by atoms with Crippen molar-refractivity contribution < 1.29 is 14.6 Å². The minimum absolute atomic E-state index is 0.0568. The third kappa shape index (κ3) is 3.37. The van der Waals surface area contributed by atoms with Crippen LogP contribution in [-0.2, 0) is 14.9 Å². The van der Waals surface area contributed by atoms with Gasteiger partial charge in [0.15, 0.2) is 0 Å². The van der Waals surface area contributed by atoms with Crippen molar-refractivity contribution in [2.75, 3.05) is 19.0 Å². The molecule has 2 aromatic carbocycles. The molecule has 3 aliphatic rings. The van der Waals surface area contributed by atoms with Gasteiger partial charge in [0.2, 0.25) is 0 Å². The van der Waals surface area contributed by atoms with Crippen LogP contribution in [0.1, 0.15) is 43.2 Å². The number of methoxy groups -OCH3 is 1. The van der Waals surface area contributed by atoms with E-state index in [1.165, 1.54) is 23.8 Å². The van der Waals surface area contributed by atoms with Gasteiger partial charge in [-0.25, -0.2) is 4.79 Å². The van der Waals surface area contributed by atoms with Crippen LogP contribution in [-0.4, -0.2) is 30.3 Å². The summed E-state index contributed by atoms with van der Waals surface area (Å²) >= 11 is 6.18. The first-order valence-corrected chi connectivity index (χ1v) is 11.4. The molecular formula is C26H28ClNO3. The Bertz CT molecular complexity index is 1040. The summed E-state index contributed by atoms with van der Waals surface area (Å²) in [5.41, 5.74) is 4.11. The van der Waals surface area contributed by atoms with Crippen molar-refractivity contribution in [2.24, 2.45) is 11.8 Å². The number of nitrogens with one attached hydrogen (secondary N) is 1. The van der Waals surface area contributed by atoms with Gasteiger partial charge in [0.05, 0.1) is 7.11 Å². The predicted molar refractivity (Wildman–Crippen MR) is 123 cm³/mol. The maximum Gasteiger partial charge on any atom is 0.331 e. The van der Waals surface area contributed by atoms with Gasteiger partial charge in [0.1, 0.15) is 5.54 Å². The maximum absolute atomic E-state index is 13.0. The lowest BCUT2D eigenvalue weighted by Crippen LogP contribution is -2.52. The summed E-state index contributed by atoms with van der Waals surface area (Å²) in [5, 5.41) is 13.8. The number of halogens is 1. The Kier molecular flexibility index (Phi) is 5.10. The molecule has 2 fully saturated rings. The average Bonchev–Trinajstić information content (AvgIpc) is 3.51. The van der Waals surface area contributed by atoms with E-state index in [4.69, 9.17) is 16.3 Å². The van der Waals surface area contributed by atoms with Crippen LogP contribution in [0.2, 0.25) is 5.02 Å². The quantitative estimate of drug-likeness (QED) is 0.631. The molecule has 0 saturated heterocycles. The molecule has 0 aromatic heterocycles. The van der Waals surface area contributed by atoms with Crippen molar-refractivity contribution in [1.29, 1.82) is 0 Å². The minimum atomic E-state index is -0.771. The third-order valence-electron chi connectivity index (χ3n) is 7.64. The Labute approximate surface area is 188 Å². The summed E-state index contributed by atoms with van der Waals surface area (Å²) in [6.45, 7) is 0.247. The summed E-state index contributed by atoms with van der Waals surface area (Å²) in [4.78, 5) is 13.0. The summed E-state index contributed by atoms with van der Waals surface area (Å²) in [5.74, 6) is 0.594. The lowest BCUT2D eigenvalue weighted by molar-refractivity contribution is -0.147. The monoisotopic (exact) mass is 437 g/mol. The number of allylic oxidation sites excluding steroid dienone is 1. The van der Waals surface area contributed by atoms with Crippen LogP contribution in [0, 0.1) is 11.8 Å². The van der Waals surface area contributed by atoms with Crippen molar-refractivity contribution in [3.8, 4) is 0 Å². The molecule has 162 valence electrons. The maximum atomic E-state index is 13.0. The van der Waals surface area contributed by atoms with Gasteiger partial charge in [-0.1, -0.05) is 53.6 Å². The first-order valence-electron chi connectivity index (χ1n) is 11.1. The van der Waals surface area contributed by atoms with E-state index in [1.807, 2.05) is 24.3 Å². The number of esters is 1. The zero-order valence-electron chi connectivity index (χ0n) is 17.7. The highest BCUT2D eigenvalue weighted by molar-refractivity contribution is 6.30. The second kappa shape index (κ2) is 7.68. The van der Waals surface area contributed by atoms with Crippen molar-refractivity contribution >= 4 is 29.3 Å². The number of hydrogen-bond donors (Lipinski definition) is 2. The molecule has 1 unspecified atom stereocenters. The first-order chi connectivity index (χ1) is 15.0. The Hall–Kier alpha value is -2.30. The van der Waals surface area contributed by atoms with E-state index in [0.717, 1.165) is 24.9 Å². The number of aliphatic hydroxyl groups excluding tert-OH is 1. The Morgan fingerprint density at radius 3 is 2.61 bits per heavy atom. The van der Waals surface area contributed by atoms with E-state index in [9.17, 15) is 9.90 Å². The van der Waals surface area contributed by atoms with Crippen LogP contribution in [0.3, 0.4) is 0 Å². The molecule has 2 saturated carbocycles. The highest BCUT2D eigenvalue weighted by atomic mass is 35.5. The highest BCUT2D eigenvalue weighted by Crippen LogP contribution is 2.61. The van der Waals surface area contributed by atoms with E-state index < -0.39 is 5.54 Å². The summed E-state index contributed by atoms with van der Waals surface area (Å²) in [6, 6.07) is 16.1. The molecule has 1 spiro atoms. The molecule has 0 aliphatic heterocycles. The van der Waals surface area contributed by atoms with Gasteiger partial charge in [0, 0.05) is 22.7 Å². The smallest absolute Gasteiger partial charge is 0.331 e. The molecule has 2 atom stereocenters. The largest absolute Gasteiger partial charge is 0.467 e. The molecule has 0 radical (unpaired) electrons. The number of fused-ring (bicyclic) bond motifs is 2. The van der Waals surface area contributed by atoms with E-state index in [-0.39, 0.29) is 18.0 Å². The molecule has 0 bridgehead atoms. The van der Waals surface area contributed by atoms with Crippen molar-refractivity contribution in [3.63, 3.8) is 0 Å². The van der Waals surface area contributed by atoms with Gasteiger partial charge in [-0.15, -0.1) is 0 Å². The second-order valence-electron chi connectivity index (χ2n) is 9.26. The van der Waals surface area contributed by atoms with Crippen molar-refractivity contribution in [3.05, 3.63) is 70.3 Å². The van der Waals surface area contributed by atoms with Gasteiger partial charge in [-0.2, -0.15) is 0 Å². The lowest BCUT2D eigenvalue weighted by atomic mass is 9.61. The first kappa shape index (κ1) is 20.6. The van der Waals surface area contributed by atoms with E-state index in [1.54, 1.807) is 0 Å². The molecule has 0 amide bonds. The zero-order valence-corrected chi connectivity index (χ0v) is 18.5. The van der Waals surface area contributed by atoms with Gasteiger partial charge >= 0.3 is 5.97 Å². The number of rotatable bonds is 5. The number of anilines is 1. The molecule has 2 N–H and O–H groups in total. The van der Waals surface area contributed by atoms with Gasteiger partial charge in [-0.3, -0.25) is 0 Å². The summed E-state index contributed by atoms with van der Waals surface area (Å²) in [6.07, 6.45) is 6.50. The summed E-state index contributed by atoms with van der Waals surface area (Å²) in [7, 11) is 1.46. The molecule has 5 heteroatoms. The Balaban J connectivity index is 1.47. The Morgan fingerprint density at radius 1 is 1.16 bits per heavy atom. The fourth-order valence-electron chi connectivity index (χ4n) is 5.89. The fraction of sp³-hybridized carbons (Fsp3) is 0.423. The number of hydrogen-bond acceptors (Lipinski definition) is 4. The molecule has 3 aliphatic carbocycles. The van der Waals surface area contributed by atoms with E-state index >= 15 is 0 Å². The third-order valence-corrected chi connectivity index (χ3v) is 7.87. The molecule has 31 heavy (non-hydrogen) atoms. The van der Waals surface area contributed by atoms with Gasteiger partial charge < -0.3 is 15.2 Å². The molecule has 5 rings (SSSR count). The fourth-order valence-corrected chi connectivity index (χ4v) is 6.08. The van der Waals surface area contributed by atoms with Crippen LogP contribution in [0.15, 0.2) is 54.1 Å². The Morgan fingerprint density at radius 2 is 1.94 bits per heavy atom. The van der Waals surface area contributed by atoms with Crippen LogP contribution < -0.4 is 5.32 Å². The standard InChI is InChI=1S/C26H28ClNO3/c1-31-24(30)26(28-20-7-4-6-19(27)15-20)11-9-25(10-12-26)22-8-3-2-5-17(22)14-23(25)21-13-18(21)16-29/h2-8,14-15,18,21,28-29H,9-13,16H2,1H3/t18?,21-,25?,26?/m0/s1. The molecular weight excluding hydrogens is 410 g/mol. The number of benzene rings is 2. The van der Waals surface area contributed by atoms with Crippen LogP contribution in [0.5, 0.6) is 0 Å². The van der Waals surface area contributed by atoms with E-state index in [2.05, 4.69) is 35.7 Å². The van der Waals surface area contributed by atoms with E-state index in [0.29, 0.717) is 29.7 Å².